The second-order valence-electron chi connectivity index (χ2n) is 5.68. The number of aromatic nitrogens is 1. The number of guanidine groups is 1. The van der Waals surface area contributed by atoms with Crippen molar-refractivity contribution in [2.75, 3.05) is 0 Å². The predicted octanol–water partition coefficient (Wildman–Crippen LogP) is 3.67. The van der Waals surface area contributed by atoms with Crippen LogP contribution in [-0.4, -0.2) is 16.9 Å². The second kappa shape index (κ2) is 7.09. The molecular formula is C19H16ClFN4O. The van der Waals surface area contributed by atoms with Gasteiger partial charge in [-0.15, -0.1) is 0 Å². The summed E-state index contributed by atoms with van der Waals surface area (Å²) in [5.74, 6) is -1.40. The van der Waals surface area contributed by atoms with Crippen molar-refractivity contribution in [2.45, 2.75) is 13.3 Å². The normalized spacial score (nSPS) is 10.7. The number of hydrogen-bond acceptors (Lipinski definition) is 2. The van der Waals surface area contributed by atoms with Crippen LogP contribution in [0.2, 0.25) is 5.02 Å². The maximum Gasteiger partial charge on any atom is 0.280 e. The molecular weight excluding hydrogens is 355 g/mol. The number of nitrogens with zero attached hydrogens (tertiary/aromatic N) is 2. The molecule has 0 saturated heterocycles. The highest BCUT2D eigenvalue weighted by Crippen LogP contribution is 2.35. The molecule has 26 heavy (non-hydrogen) atoms. The van der Waals surface area contributed by atoms with Crippen molar-refractivity contribution in [3.8, 4) is 11.3 Å². The summed E-state index contributed by atoms with van der Waals surface area (Å²) < 4.78 is 14.4. The smallest absolute Gasteiger partial charge is 0.280 e. The van der Waals surface area contributed by atoms with E-state index >= 15 is 0 Å². The Kier molecular flexibility index (Phi) is 4.86. The van der Waals surface area contributed by atoms with Gasteiger partial charge in [0.25, 0.3) is 5.91 Å². The zero-order chi connectivity index (χ0) is 18.8. The van der Waals surface area contributed by atoms with Crippen molar-refractivity contribution in [2.24, 2.45) is 16.5 Å². The number of nitrogens with two attached hydrogens (primary N) is 2. The van der Waals surface area contributed by atoms with Gasteiger partial charge in [-0.1, -0.05) is 30.7 Å². The van der Waals surface area contributed by atoms with E-state index in [1.165, 1.54) is 12.1 Å². The fourth-order valence-electron chi connectivity index (χ4n) is 2.82. The monoisotopic (exact) mass is 370 g/mol. The summed E-state index contributed by atoms with van der Waals surface area (Å²) in [6.07, 6.45) is 2.42. The van der Waals surface area contributed by atoms with Gasteiger partial charge in [-0.05, 0) is 41.6 Å². The van der Waals surface area contributed by atoms with E-state index in [0.717, 1.165) is 17.4 Å². The number of aliphatic imine (C=N–C) groups is 1. The second-order valence-corrected chi connectivity index (χ2v) is 6.09. The molecule has 2 aromatic carbocycles. The van der Waals surface area contributed by atoms with Crippen molar-refractivity contribution >= 4 is 34.2 Å². The molecule has 3 aromatic rings. The molecule has 1 amide bonds. The molecule has 0 fully saturated rings. The number of amides is 1. The number of rotatable bonds is 3. The molecule has 3 rings (SSSR count). The minimum Gasteiger partial charge on any atom is -0.370 e. The van der Waals surface area contributed by atoms with Crippen LogP contribution in [0.3, 0.4) is 0 Å². The molecule has 1 heterocycles. The summed E-state index contributed by atoms with van der Waals surface area (Å²) in [6.45, 7) is 1.99. The van der Waals surface area contributed by atoms with E-state index in [4.69, 9.17) is 23.1 Å². The van der Waals surface area contributed by atoms with Crippen molar-refractivity contribution < 1.29 is 9.18 Å². The van der Waals surface area contributed by atoms with Gasteiger partial charge < -0.3 is 11.5 Å². The standard InChI is InChI=1S/C19H16ClFN4O/c1-2-10-9-24-17(16-14(20)4-3-5-15(16)21)13-8-11(6-7-12(10)13)18(26)25-19(22)23/h3-9H,2H2,1H3,(H4,22,23,25,26). The first-order valence-electron chi connectivity index (χ1n) is 7.92. The van der Waals surface area contributed by atoms with Gasteiger partial charge in [-0.25, -0.2) is 4.39 Å². The molecule has 0 bridgehead atoms. The molecule has 0 unspecified atom stereocenters. The lowest BCUT2D eigenvalue weighted by Crippen LogP contribution is -2.24. The van der Waals surface area contributed by atoms with E-state index in [2.05, 4.69) is 9.98 Å². The lowest BCUT2D eigenvalue weighted by molar-refractivity contribution is 0.100. The molecule has 1 aromatic heterocycles. The number of carbonyl (C=O) groups is 1. The van der Waals surface area contributed by atoms with Gasteiger partial charge in [0.15, 0.2) is 5.96 Å². The van der Waals surface area contributed by atoms with Crippen molar-refractivity contribution in [3.05, 3.63) is 64.6 Å². The zero-order valence-electron chi connectivity index (χ0n) is 14.0. The van der Waals surface area contributed by atoms with Gasteiger partial charge in [0.05, 0.1) is 16.3 Å². The maximum atomic E-state index is 14.4. The molecule has 0 spiro atoms. The Morgan fingerprint density at radius 1 is 1.23 bits per heavy atom. The number of carbonyl (C=O) groups excluding carboxylic acids is 1. The average Bonchev–Trinajstić information content (AvgIpc) is 2.60. The van der Waals surface area contributed by atoms with Crippen LogP contribution in [0.1, 0.15) is 22.8 Å². The molecule has 0 aliphatic carbocycles. The molecule has 132 valence electrons. The first-order valence-corrected chi connectivity index (χ1v) is 8.30. The first kappa shape index (κ1) is 17.8. The Morgan fingerprint density at radius 2 is 2.00 bits per heavy atom. The Morgan fingerprint density at radius 3 is 2.65 bits per heavy atom. The van der Waals surface area contributed by atoms with Gasteiger partial charge >= 0.3 is 0 Å². The van der Waals surface area contributed by atoms with Gasteiger partial charge in [-0.3, -0.25) is 9.78 Å². The largest absolute Gasteiger partial charge is 0.370 e. The van der Waals surface area contributed by atoms with Gasteiger partial charge in [0.2, 0.25) is 0 Å². The topological polar surface area (TPSA) is 94.4 Å². The fraction of sp³-hybridized carbons (Fsp3) is 0.105. The molecule has 0 aliphatic heterocycles. The van der Waals surface area contributed by atoms with Crippen LogP contribution < -0.4 is 11.5 Å². The first-order chi connectivity index (χ1) is 12.4. The molecule has 0 atom stereocenters. The number of pyridine rings is 1. The van der Waals surface area contributed by atoms with E-state index in [9.17, 15) is 9.18 Å². The summed E-state index contributed by atoms with van der Waals surface area (Å²) in [7, 11) is 0. The fourth-order valence-corrected chi connectivity index (χ4v) is 3.07. The number of aryl methyl sites for hydroxylation is 1. The van der Waals surface area contributed by atoms with E-state index in [-0.39, 0.29) is 22.1 Å². The highest BCUT2D eigenvalue weighted by molar-refractivity contribution is 6.33. The third kappa shape index (κ3) is 3.23. The summed E-state index contributed by atoms with van der Waals surface area (Å²) in [6, 6.07) is 9.45. The van der Waals surface area contributed by atoms with Gasteiger partial charge in [0.1, 0.15) is 5.82 Å². The Labute approximate surface area is 154 Å². The lowest BCUT2D eigenvalue weighted by atomic mass is 9.97. The minimum absolute atomic E-state index is 0.188. The van der Waals surface area contributed by atoms with Crippen LogP contribution in [0.15, 0.2) is 47.6 Å². The highest BCUT2D eigenvalue weighted by atomic mass is 35.5. The number of halogens is 2. The number of fused-ring (bicyclic) bond motifs is 1. The Bertz CT molecular complexity index is 1020. The number of benzene rings is 2. The van der Waals surface area contributed by atoms with Gasteiger partial charge in [0, 0.05) is 17.1 Å². The van der Waals surface area contributed by atoms with Crippen LogP contribution in [0.4, 0.5) is 4.39 Å². The summed E-state index contributed by atoms with van der Waals surface area (Å²) >= 11 is 6.21. The van der Waals surface area contributed by atoms with E-state index in [0.29, 0.717) is 11.1 Å². The van der Waals surface area contributed by atoms with Crippen LogP contribution in [0.5, 0.6) is 0 Å². The molecule has 0 aliphatic rings. The number of hydrogen-bond donors (Lipinski definition) is 2. The van der Waals surface area contributed by atoms with E-state index in [1.54, 1.807) is 30.5 Å². The van der Waals surface area contributed by atoms with Crippen LogP contribution in [0, 0.1) is 5.82 Å². The summed E-state index contributed by atoms with van der Waals surface area (Å²) in [5, 5.41) is 1.70. The Hall–Kier alpha value is -2.99. The van der Waals surface area contributed by atoms with E-state index in [1.807, 2.05) is 6.92 Å². The van der Waals surface area contributed by atoms with Crippen LogP contribution >= 0.6 is 11.6 Å². The predicted molar refractivity (Wildman–Crippen MR) is 102 cm³/mol. The summed E-state index contributed by atoms with van der Waals surface area (Å²) in [4.78, 5) is 20.1. The van der Waals surface area contributed by atoms with Crippen molar-refractivity contribution in [1.82, 2.24) is 4.98 Å². The van der Waals surface area contributed by atoms with E-state index < -0.39 is 11.7 Å². The van der Waals surface area contributed by atoms with Gasteiger partial charge in [-0.2, -0.15) is 4.99 Å². The summed E-state index contributed by atoms with van der Waals surface area (Å²) in [5.41, 5.74) is 12.3. The van der Waals surface area contributed by atoms with Crippen LogP contribution in [0.25, 0.3) is 22.0 Å². The lowest BCUT2D eigenvalue weighted by Gasteiger charge is -2.12. The van der Waals surface area contributed by atoms with Crippen LogP contribution in [-0.2, 0) is 6.42 Å². The third-order valence-corrected chi connectivity index (χ3v) is 4.34. The van der Waals surface area contributed by atoms with Crippen molar-refractivity contribution in [3.63, 3.8) is 0 Å². The average molecular weight is 371 g/mol. The quantitative estimate of drug-likeness (QED) is 0.543. The van der Waals surface area contributed by atoms with Crippen molar-refractivity contribution in [1.29, 1.82) is 0 Å². The minimum atomic E-state index is -0.584. The molecule has 4 N–H and O–H groups in total. The molecule has 7 heteroatoms. The maximum absolute atomic E-state index is 14.4. The highest BCUT2D eigenvalue weighted by Gasteiger charge is 2.17. The SMILES string of the molecule is CCc1cnc(-c2c(F)cccc2Cl)c2cc(C(=O)N=C(N)N)ccc12. The molecule has 0 radical (unpaired) electrons. The zero-order valence-corrected chi connectivity index (χ0v) is 14.7. The molecule has 5 nitrogen and oxygen atoms in total. The Balaban J connectivity index is 2.33. The molecule has 0 saturated carbocycles. The third-order valence-electron chi connectivity index (χ3n) is 4.03.